The summed E-state index contributed by atoms with van der Waals surface area (Å²) in [4.78, 5) is 2.29. The zero-order valence-corrected chi connectivity index (χ0v) is 12.1. The van der Waals surface area contributed by atoms with Crippen LogP contribution in [0.1, 0.15) is 37.9 Å². The van der Waals surface area contributed by atoms with Crippen molar-refractivity contribution >= 4 is 17.3 Å². The molecule has 0 bridgehead atoms. The maximum Gasteiger partial charge on any atom is 0.0762 e. The fourth-order valence-corrected chi connectivity index (χ4v) is 3.05. The van der Waals surface area contributed by atoms with Crippen LogP contribution in [0, 0.1) is 5.92 Å². The van der Waals surface area contributed by atoms with Crippen LogP contribution in [0.15, 0.2) is 18.2 Å². The van der Waals surface area contributed by atoms with Crippen molar-refractivity contribution in [1.29, 1.82) is 0 Å². The van der Waals surface area contributed by atoms with E-state index in [-0.39, 0.29) is 6.61 Å². The quantitative estimate of drug-likeness (QED) is 0.893. The summed E-state index contributed by atoms with van der Waals surface area (Å²) < 4.78 is 0. The van der Waals surface area contributed by atoms with E-state index in [2.05, 4.69) is 4.90 Å². The van der Waals surface area contributed by atoms with Crippen LogP contribution < -0.4 is 4.90 Å². The van der Waals surface area contributed by atoms with Crippen molar-refractivity contribution in [3.8, 4) is 0 Å². The summed E-state index contributed by atoms with van der Waals surface area (Å²) in [6, 6.07) is 5.77. The van der Waals surface area contributed by atoms with Crippen molar-refractivity contribution in [2.45, 2.75) is 32.3 Å². The molecule has 19 heavy (non-hydrogen) atoms. The van der Waals surface area contributed by atoms with Crippen LogP contribution in [0.25, 0.3) is 0 Å². The first-order chi connectivity index (χ1) is 9.11. The Labute approximate surface area is 119 Å². The maximum atomic E-state index is 9.56. The largest absolute Gasteiger partial charge is 0.396 e. The van der Waals surface area contributed by atoms with Crippen molar-refractivity contribution in [2.75, 3.05) is 24.6 Å². The Morgan fingerprint density at radius 3 is 2.89 bits per heavy atom. The van der Waals surface area contributed by atoms with E-state index < -0.39 is 6.10 Å². The van der Waals surface area contributed by atoms with Crippen LogP contribution in [0.3, 0.4) is 0 Å². The van der Waals surface area contributed by atoms with Crippen molar-refractivity contribution in [3.63, 3.8) is 0 Å². The number of nitrogens with zero attached hydrogens (tertiary/aromatic N) is 1. The van der Waals surface area contributed by atoms with Gasteiger partial charge in [0.15, 0.2) is 0 Å². The van der Waals surface area contributed by atoms with Crippen LogP contribution in [-0.4, -0.2) is 29.9 Å². The van der Waals surface area contributed by atoms with Crippen molar-refractivity contribution in [2.24, 2.45) is 5.92 Å². The lowest BCUT2D eigenvalue weighted by atomic mass is 9.94. The number of aliphatic hydroxyl groups is 2. The average Bonchev–Trinajstić information content (AvgIpc) is 2.39. The van der Waals surface area contributed by atoms with Gasteiger partial charge in [0, 0.05) is 19.7 Å². The molecular weight excluding hydrogens is 262 g/mol. The lowest BCUT2D eigenvalue weighted by molar-refractivity contribution is 0.199. The van der Waals surface area contributed by atoms with E-state index in [1.165, 1.54) is 6.42 Å². The minimum Gasteiger partial charge on any atom is -0.396 e. The number of rotatable bonds is 4. The van der Waals surface area contributed by atoms with Gasteiger partial charge in [-0.2, -0.15) is 0 Å². The zero-order chi connectivity index (χ0) is 13.8. The third-order valence-corrected chi connectivity index (χ3v) is 4.15. The van der Waals surface area contributed by atoms with Gasteiger partial charge in [0.1, 0.15) is 0 Å². The fourth-order valence-electron chi connectivity index (χ4n) is 2.74. The van der Waals surface area contributed by atoms with Crippen LogP contribution >= 0.6 is 11.6 Å². The summed E-state index contributed by atoms with van der Waals surface area (Å²) in [5.74, 6) is 0.547. The highest BCUT2D eigenvalue weighted by atomic mass is 35.5. The summed E-state index contributed by atoms with van der Waals surface area (Å²) >= 11 is 6.33. The number of hydrogen-bond donors (Lipinski definition) is 2. The molecule has 1 heterocycles. The average molecular weight is 284 g/mol. The van der Waals surface area contributed by atoms with E-state index in [1.807, 2.05) is 18.2 Å². The lowest BCUT2D eigenvalue weighted by Crippen LogP contribution is -2.35. The Bertz CT molecular complexity index is 421. The minimum atomic E-state index is -0.491. The highest BCUT2D eigenvalue weighted by Gasteiger charge is 2.21. The Morgan fingerprint density at radius 1 is 1.47 bits per heavy atom. The number of anilines is 1. The van der Waals surface area contributed by atoms with E-state index in [4.69, 9.17) is 16.7 Å². The Morgan fingerprint density at radius 2 is 2.26 bits per heavy atom. The van der Waals surface area contributed by atoms with Gasteiger partial charge in [0.2, 0.25) is 0 Å². The molecule has 1 aliphatic heterocycles. The van der Waals surface area contributed by atoms with Gasteiger partial charge < -0.3 is 15.1 Å². The molecule has 0 spiro atoms. The third kappa shape index (κ3) is 3.62. The molecular formula is C15H22ClNO2. The molecule has 0 aliphatic carbocycles. The van der Waals surface area contributed by atoms with Crippen LogP contribution in [0.5, 0.6) is 0 Å². The first kappa shape index (κ1) is 14.6. The third-order valence-electron chi connectivity index (χ3n) is 3.85. The number of halogens is 1. The topological polar surface area (TPSA) is 43.7 Å². The van der Waals surface area contributed by atoms with Gasteiger partial charge in [-0.15, -0.1) is 0 Å². The maximum absolute atomic E-state index is 9.56. The second kappa shape index (κ2) is 6.60. The minimum absolute atomic E-state index is 0.257. The predicted octanol–water partition coefficient (Wildman–Crippen LogP) is 2.99. The second-order valence-electron chi connectivity index (χ2n) is 5.35. The first-order valence-corrected chi connectivity index (χ1v) is 7.33. The highest BCUT2D eigenvalue weighted by Crippen LogP contribution is 2.32. The number of benzene rings is 1. The Kier molecular flexibility index (Phi) is 5.08. The zero-order valence-electron chi connectivity index (χ0n) is 11.3. The van der Waals surface area contributed by atoms with Crippen molar-refractivity contribution < 1.29 is 10.2 Å². The van der Waals surface area contributed by atoms with Gasteiger partial charge in [0.25, 0.3) is 0 Å². The molecule has 0 aromatic heterocycles. The molecule has 4 heteroatoms. The van der Waals surface area contributed by atoms with Gasteiger partial charge >= 0.3 is 0 Å². The van der Waals surface area contributed by atoms with Gasteiger partial charge in [-0.05, 0) is 49.8 Å². The monoisotopic (exact) mass is 283 g/mol. The van der Waals surface area contributed by atoms with Crippen molar-refractivity contribution in [3.05, 3.63) is 28.8 Å². The van der Waals surface area contributed by atoms with E-state index in [9.17, 15) is 5.11 Å². The molecule has 3 nitrogen and oxygen atoms in total. The molecule has 2 N–H and O–H groups in total. The Hall–Kier alpha value is -0.770. The number of piperidine rings is 1. The van der Waals surface area contributed by atoms with E-state index >= 15 is 0 Å². The van der Waals surface area contributed by atoms with Crippen LogP contribution in [0.2, 0.25) is 5.02 Å². The molecule has 1 unspecified atom stereocenters. The number of hydrogen-bond acceptors (Lipinski definition) is 3. The molecule has 2 rings (SSSR count). The molecule has 1 saturated heterocycles. The van der Waals surface area contributed by atoms with Gasteiger partial charge in [0.05, 0.1) is 16.8 Å². The SMILES string of the molecule is C[C@H](O)c1ccc(N2CCCC(CCO)C2)c(Cl)c1. The smallest absolute Gasteiger partial charge is 0.0762 e. The summed E-state index contributed by atoms with van der Waals surface area (Å²) in [6.45, 7) is 3.96. The van der Waals surface area contributed by atoms with Gasteiger partial charge in [-0.3, -0.25) is 0 Å². The molecule has 106 valence electrons. The van der Waals surface area contributed by atoms with E-state index in [0.29, 0.717) is 10.9 Å². The Balaban J connectivity index is 2.12. The van der Waals surface area contributed by atoms with E-state index in [0.717, 1.165) is 37.2 Å². The first-order valence-electron chi connectivity index (χ1n) is 6.95. The van der Waals surface area contributed by atoms with Crippen molar-refractivity contribution in [1.82, 2.24) is 0 Å². The summed E-state index contributed by atoms with van der Waals surface area (Å²) in [6.07, 6.45) is 2.69. The molecule has 1 fully saturated rings. The molecule has 0 saturated carbocycles. The van der Waals surface area contributed by atoms with Gasteiger partial charge in [-0.1, -0.05) is 17.7 Å². The molecule has 1 aliphatic rings. The van der Waals surface area contributed by atoms with Gasteiger partial charge in [-0.25, -0.2) is 0 Å². The van der Waals surface area contributed by atoms with E-state index in [1.54, 1.807) is 6.92 Å². The van der Waals surface area contributed by atoms with Crippen LogP contribution in [0.4, 0.5) is 5.69 Å². The second-order valence-corrected chi connectivity index (χ2v) is 5.76. The summed E-state index contributed by atoms with van der Waals surface area (Å²) in [5.41, 5.74) is 1.88. The number of aliphatic hydroxyl groups excluding tert-OH is 2. The molecule has 2 atom stereocenters. The molecule has 0 radical (unpaired) electrons. The molecule has 1 aromatic rings. The molecule has 1 aromatic carbocycles. The summed E-state index contributed by atoms with van der Waals surface area (Å²) in [7, 11) is 0. The normalized spacial score (nSPS) is 21.5. The standard InChI is InChI=1S/C15H22ClNO2/c1-11(19)13-4-5-15(14(16)9-13)17-7-2-3-12(10-17)6-8-18/h4-5,9,11-12,18-19H,2-3,6-8,10H2,1H3/t11-,12?/m0/s1. The lowest BCUT2D eigenvalue weighted by Gasteiger charge is -2.35. The highest BCUT2D eigenvalue weighted by molar-refractivity contribution is 6.33. The fraction of sp³-hybridized carbons (Fsp3) is 0.600. The summed E-state index contributed by atoms with van der Waals surface area (Å²) in [5, 5.41) is 19.3. The molecule has 0 amide bonds. The van der Waals surface area contributed by atoms with Crippen LogP contribution in [-0.2, 0) is 0 Å². The predicted molar refractivity (Wildman–Crippen MR) is 78.7 cm³/mol.